The fourth-order valence-electron chi connectivity index (χ4n) is 2.87. The number of carbonyl (C=O) groups is 2. The highest BCUT2D eigenvalue weighted by Gasteiger charge is 2.32. The number of nitrogens with zero attached hydrogens (tertiary/aromatic N) is 2. The minimum atomic E-state index is -0.220. The molecule has 0 bridgehead atoms. The highest BCUT2D eigenvalue weighted by atomic mass is 32.2. The Morgan fingerprint density at radius 3 is 2.83 bits per heavy atom. The van der Waals surface area contributed by atoms with E-state index in [1.165, 1.54) is 28.0 Å². The minimum absolute atomic E-state index is 0.129. The molecule has 6 nitrogen and oxygen atoms in total. The summed E-state index contributed by atoms with van der Waals surface area (Å²) in [6.45, 7) is 0.224. The molecule has 2 aromatic carbocycles. The van der Waals surface area contributed by atoms with E-state index in [-0.39, 0.29) is 24.8 Å². The number of benzene rings is 2. The van der Waals surface area contributed by atoms with Crippen LogP contribution in [0.3, 0.4) is 0 Å². The van der Waals surface area contributed by atoms with Gasteiger partial charge in [0.2, 0.25) is 5.91 Å². The molecule has 2 heterocycles. The molecule has 0 saturated carbocycles. The van der Waals surface area contributed by atoms with Crippen molar-refractivity contribution in [3.8, 4) is 5.75 Å². The summed E-state index contributed by atoms with van der Waals surface area (Å²) in [5.41, 5.74) is 1.72. The predicted octanol–water partition coefficient (Wildman–Crippen LogP) is 4.53. The maximum Gasteiger partial charge on any atom is 0.266 e. The van der Waals surface area contributed by atoms with E-state index in [1.54, 1.807) is 7.11 Å². The molecule has 1 aromatic heterocycles. The molecule has 0 atom stereocenters. The number of carbonyl (C=O) groups excluding carboxylic acids is 2. The number of thioether (sulfide) groups is 1. The van der Waals surface area contributed by atoms with Gasteiger partial charge >= 0.3 is 0 Å². The van der Waals surface area contributed by atoms with E-state index in [2.05, 4.69) is 10.3 Å². The van der Waals surface area contributed by atoms with Gasteiger partial charge in [-0.05, 0) is 29.8 Å². The first-order valence-electron chi connectivity index (χ1n) is 9.08. The molecule has 0 aliphatic carbocycles. The zero-order valence-corrected chi connectivity index (χ0v) is 18.4. The fourth-order valence-corrected chi connectivity index (χ4v) is 5.09. The Balaban J connectivity index is 1.37. The fraction of sp³-hybridized carbons (Fsp3) is 0.143. The number of nitrogens with one attached hydrogen (secondary N) is 1. The van der Waals surface area contributed by atoms with Crippen molar-refractivity contribution in [3.63, 3.8) is 0 Å². The molecular formula is C21H17N3O3S3. The van der Waals surface area contributed by atoms with Gasteiger partial charge in [0.15, 0.2) is 5.13 Å². The molecule has 1 aliphatic heterocycles. The summed E-state index contributed by atoms with van der Waals surface area (Å²) in [6, 6.07) is 15.1. The van der Waals surface area contributed by atoms with Crippen LogP contribution in [0.2, 0.25) is 0 Å². The van der Waals surface area contributed by atoms with Crippen LogP contribution >= 0.6 is 35.3 Å². The number of ether oxygens (including phenoxy) is 1. The van der Waals surface area contributed by atoms with E-state index in [4.69, 9.17) is 17.0 Å². The van der Waals surface area contributed by atoms with Crippen LogP contribution in [0.4, 0.5) is 5.13 Å². The summed E-state index contributed by atoms with van der Waals surface area (Å²) < 4.78 is 6.59. The van der Waals surface area contributed by atoms with E-state index in [0.717, 1.165) is 21.5 Å². The van der Waals surface area contributed by atoms with E-state index in [1.807, 2.05) is 54.6 Å². The van der Waals surface area contributed by atoms with E-state index in [9.17, 15) is 9.59 Å². The SMILES string of the molecule is COc1ccc2nc(NC(=O)CCN3C(=O)/C(=C/c4ccccc4)SC3=S)sc2c1. The Morgan fingerprint density at radius 2 is 2.07 bits per heavy atom. The number of anilines is 1. The molecule has 152 valence electrons. The monoisotopic (exact) mass is 455 g/mol. The maximum atomic E-state index is 12.7. The second-order valence-corrected chi connectivity index (χ2v) is 9.10. The van der Waals surface area contributed by atoms with E-state index in [0.29, 0.717) is 14.4 Å². The van der Waals surface area contributed by atoms with Crippen LogP contribution in [0.1, 0.15) is 12.0 Å². The number of methoxy groups -OCH3 is 1. The summed E-state index contributed by atoms with van der Waals surface area (Å²) in [5.74, 6) is 0.345. The molecule has 2 amide bonds. The van der Waals surface area contributed by atoms with Gasteiger partial charge in [0.25, 0.3) is 5.91 Å². The third kappa shape index (κ3) is 4.53. The van der Waals surface area contributed by atoms with Crippen LogP contribution in [-0.2, 0) is 9.59 Å². The Labute approximate surface area is 186 Å². The summed E-state index contributed by atoms with van der Waals surface area (Å²) in [6.07, 6.45) is 1.94. The van der Waals surface area contributed by atoms with Crippen molar-refractivity contribution in [3.05, 3.63) is 59.0 Å². The lowest BCUT2D eigenvalue weighted by Gasteiger charge is -2.13. The molecule has 1 aliphatic rings. The highest BCUT2D eigenvalue weighted by Crippen LogP contribution is 2.33. The molecule has 1 N–H and O–H groups in total. The zero-order valence-electron chi connectivity index (χ0n) is 16.0. The van der Waals surface area contributed by atoms with Crippen molar-refractivity contribution in [1.82, 2.24) is 9.88 Å². The van der Waals surface area contributed by atoms with Gasteiger partial charge < -0.3 is 10.1 Å². The van der Waals surface area contributed by atoms with Crippen LogP contribution in [0.5, 0.6) is 5.75 Å². The predicted molar refractivity (Wildman–Crippen MR) is 126 cm³/mol. The molecule has 0 radical (unpaired) electrons. The van der Waals surface area contributed by atoms with Gasteiger partial charge in [-0.3, -0.25) is 14.5 Å². The van der Waals surface area contributed by atoms with Crippen LogP contribution < -0.4 is 10.1 Å². The average Bonchev–Trinajstić information content (AvgIpc) is 3.26. The van der Waals surface area contributed by atoms with Crippen LogP contribution in [0.15, 0.2) is 53.4 Å². The molecule has 9 heteroatoms. The number of fused-ring (bicyclic) bond motifs is 1. The van der Waals surface area contributed by atoms with Gasteiger partial charge in [-0.25, -0.2) is 4.98 Å². The van der Waals surface area contributed by atoms with Crippen molar-refractivity contribution in [2.75, 3.05) is 19.0 Å². The van der Waals surface area contributed by atoms with Gasteiger partial charge in [0, 0.05) is 13.0 Å². The summed E-state index contributed by atoms with van der Waals surface area (Å²) in [4.78, 5) is 31.5. The molecule has 1 saturated heterocycles. The molecule has 0 spiro atoms. The molecule has 0 unspecified atom stereocenters. The van der Waals surface area contributed by atoms with Gasteiger partial charge in [-0.15, -0.1) is 0 Å². The average molecular weight is 456 g/mol. The Hall–Kier alpha value is -2.75. The number of hydrogen-bond acceptors (Lipinski definition) is 7. The van der Waals surface area contributed by atoms with E-state index >= 15 is 0 Å². The number of thiazole rings is 1. The smallest absolute Gasteiger partial charge is 0.266 e. The third-order valence-electron chi connectivity index (χ3n) is 4.38. The summed E-state index contributed by atoms with van der Waals surface area (Å²) >= 11 is 7.96. The number of amides is 2. The second-order valence-electron chi connectivity index (χ2n) is 6.39. The molecular weight excluding hydrogens is 438 g/mol. The standard InChI is InChI=1S/C21H17N3O3S3/c1-27-14-7-8-15-16(12-14)29-20(22-15)23-18(25)9-10-24-19(26)17(30-21(24)28)11-13-5-3-2-4-6-13/h2-8,11-12H,9-10H2,1H3,(H,22,23,25)/b17-11-. The van der Waals surface area contributed by atoms with Gasteiger partial charge in [-0.2, -0.15) is 0 Å². The molecule has 30 heavy (non-hydrogen) atoms. The van der Waals surface area contributed by atoms with Gasteiger partial charge in [0.1, 0.15) is 10.1 Å². The van der Waals surface area contributed by atoms with Crippen molar-refractivity contribution in [2.45, 2.75) is 6.42 Å². The van der Waals surface area contributed by atoms with Gasteiger partial charge in [0.05, 0.1) is 22.2 Å². The van der Waals surface area contributed by atoms with Crippen molar-refractivity contribution in [2.24, 2.45) is 0 Å². The van der Waals surface area contributed by atoms with Crippen molar-refractivity contribution >= 4 is 72.9 Å². The Morgan fingerprint density at radius 1 is 1.27 bits per heavy atom. The lowest BCUT2D eigenvalue weighted by molar-refractivity contribution is -0.122. The van der Waals surface area contributed by atoms with Gasteiger partial charge in [-0.1, -0.05) is 65.6 Å². The Bertz CT molecular complexity index is 1160. The zero-order chi connectivity index (χ0) is 21.1. The number of rotatable bonds is 6. The molecule has 1 fully saturated rings. The second kappa shape index (κ2) is 8.95. The van der Waals surface area contributed by atoms with E-state index < -0.39 is 0 Å². The first kappa shape index (κ1) is 20.5. The lowest BCUT2D eigenvalue weighted by atomic mass is 10.2. The maximum absolute atomic E-state index is 12.7. The molecule has 4 rings (SSSR count). The Kier molecular flexibility index (Phi) is 6.12. The lowest BCUT2D eigenvalue weighted by Crippen LogP contribution is -2.31. The number of aromatic nitrogens is 1. The normalized spacial score (nSPS) is 15.2. The molecule has 3 aromatic rings. The summed E-state index contributed by atoms with van der Waals surface area (Å²) in [7, 11) is 1.60. The first-order valence-corrected chi connectivity index (χ1v) is 11.1. The largest absolute Gasteiger partial charge is 0.497 e. The topological polar surface area (TPSA) is 71.5 Å². The third-order valence-corrected chi connectivity index (χ3v) is 6.69. The van der Waals surface area contributed by atoms with Crippen molar-refractivity contribution in [1.29, 1.82) is 0 Å². The van der Waals surface area contributed by atoms with Crippen LogP contribution in [-0.4, -0.2) is 39.7 Å². The first-order chi connectivity index (χ1) is 14.5. The quantitative estimate of drug-likeness (QED) is 0.435. The van der Waals surface area contributed by atoms with Crippen LogP contribution in [0, 0.1) is 0 Å². The number of hydrogen-bond donors (Lipinski definition) is 1. The number of thiocarbonyl (C=S) groups is 1. The minimum Gasteiger partial charge on any atom is -0.497 e. The van der Waals surface area contributed by atoms with Crippen LogP contribution in [0.25, 0.3) is 16.3 Å². The highest BCUT2D eigenvalue weighted by molar-refractivity contribution is 8.26. The van der Waals surface area contributed by atoms with Crippen molar-refractivity contribution < 1.29 is 14.3 Å². The summed E-state index contributed by atoms with van der Waals surface area (Å²) in [5, 5.41) is 3.31.